The van der Waals surface area contributed by atoms with Crippen LogP contribution in [-0.2, 0) is 19.6 Å². The van der Waals surface area contributed by atoms with Gasteiger partial charge < -0.3 is 9.88 Å². The molecule has 0 fully saturated rings. The highest BCUT2D eigenvalue weighted by atomic mass is 35.5. The molecule has 0 aromatic carbocycles. The summed E-state index contributed by atoms with van der Waals surface area (Å²) in [5.41, 5.74) is 1.19. The molecular formula is C9H13ClN6. The molecule has 0 saturated carbocycles. The summed E-state index contributed by atoms with van der Waals surface area (Å²) in [4.78, 5) is 8.30. The van der Waals surface area contributed by atoms with Gasteiger partial charge in [0.15, 0.2) is 0 Å². The Morgan fingerprint density at radius 1 is 1.44 bits per heavy atom. The number of imidazole rings is 1. The van der Waals surface area contributed by atoms with Gasteiger partial charge in [0.2, 0.25) is 0 Å². The lowest BCUT2D eigenvalue weighted by atomic mass is 10.4. The molecule has 0 unspecified atom stereocenters. The van der Waals surface area contributed by atoms with E-state index in [4.69, 9.17) is 0 Å². The normalized spacial score (nSPS) is 14.2. The van der Waals surface area contributed by atoms with Crippen molar-refractivity contribution in [3.63, 3.8) is 0 Å². The van der Waals surface area contributed by atoms with E-state index in [2.05, 4.69) is 25.0 Å². The summed E-state index contributed by atoms with van der Waals surface area (Å²) < 4.78 is 4.06. The molecule has 0 aliphatic carbocycles. The van der Waals surface area contributed by atoms with E-state index in [9.17, 15) is 0 Å². The summed E-state index contributed by atoms with van der Waals surface area (Å²) in [6, 6.07) is 0. The molecule has 6 nitrogen and oxygen atoms in total. The second-order valence-corrected chi connectivity index (χ2v) is 3.59. The highest BCUT2D eigenvalue weighted by Gasteiger charge is 2.13. The lowest BCUT2D eigenvalue weighted by Crippen LogP contribution is -2.29. The molecule has 0 atom stereocenters. The molecule has 1 aliphatic rings. The minimum atomic E-state index is 0. The molecular weight excluding hydrogens is 228 g/mol. The lowest BCUT2D eigenvalue weighted by molar-refractivity contribution is 0.485. The van der Waals surface area contributed by atoms with Crippen LogP contribution in [0.15, 0.2) is 18.9 Å². The van der Waals surface area contributed by atoms with Gasteiger partial charge in [0.05, 0.1) is 25.0 Å². The Morgan fingerprint density at radius 3 is 3.19 bits per heavy atom. The average Bonchev–Trinajstić information content (AvgIpc) is 2.89. The number of hydrogen-bond donors (Lipinski definition) is 1. The van der Waals surface area contributed by atoms with Crippen molar-refractivity contribution in [2.75, 3.05) is 6.54 Å². The lowest BCUT2D eigenvalue weighted by Gasteiger charge is -2.17. The number of rotatable bonds is 2. The predicted molar refractivity (Wildman–Crippen MR) is 60.3 cm³/mol. The van der Waals surface area contributed by atoms with E-state index in [1.165, 1.54) is 5.69 Å². The average molecular weight is 241 g/mol. The van der Waals surface area contributed by atoms with Crippen molar-refractivity contribution in [1.29, 1.82) is 0 Å². The molecule has 0 radical (unpaired) electrons. The van der Waals surface area contributed by atoms with Crippen LogP contribution in [0.2, 0.25) is 0 Å². The van der Waals surface area contributed by atoms with Gasteiger partial charge in [-0.25, -0.2) is 14.6 Å². The van der Waals surface area contributed by atoms with Gasteiger partial charge in [0.1, 0.15) is 18.5 Å². The molecule has 7 heteroatoms. The maximum absolute atomic E-state index is 4.38. The minimum absolute atomic E-state index is 0. The SMILES string of the molecule is Cl.c1ncn(Cc2cnc3n2CCNC3)n1. The van der Waals surface area contributed by atoms with Gasteiger partial charge in [-0.3, -0.25) is 0 Å². The highest BCUT2D eigenvalue weighted by Crippen LogP contribution is 2.09. The number of fused-ring (bicyclic) bond motifs is 1. The first-order chi connectivity index (χ1) is 7.43. The molecule has 2 aromatic rings. The zero-order valence-electron chi connectivity index (χ0n) is 8.70. The number of hydrogen-bond acceptors (Lipinski definition) is 4. The Morgan fingerprint density at radius 2 is 2.38 bits per heavy atom. The maximum Gasteiger partial charge on any atom is 0.137 e. The number of halogens is 1. The van der Waals surface area contributed by atoms with Crippen molar-refractivity contribution >= 4 is 12.4 Å². The van der Waals surface area contributed by atoms with Crippen LogP contribution in [0.4, 0.5) is 0 Å². The summed E-state index contributed by atoms with van der Waals surface area (Å²) >= 11 is 0. The fraction of sp³-hybridized carbons (Fsp3) is 0.444. The molecule has 2 aromatic heterocycles. The van der Waals surface area contributed by atoms with Crippen molar-refractivity contribution in [2.45, 2.75) is 19.6 Å². The fourth-order valence-corrected chi connectivity index (χ4v) is 1.87. The molecule has 0 bridgehead atoms. The van der Waals surface area contributed by atoms with Crippen molar-refractivity contribution in [1.82, 2.24) is 29.6 Å². The van der Waals surface area contributed by atoms with Crippen LogP contribution in [-0.4, -0.2) is 30.9 Å². The van der Waals surface area contributed by atoms with E-state index in [0.717, 1.165) is 32.0 Å². The minimum Gasteiger partial charge on any atom is -0.328 e. The van der Waals surface area contributed by atoms with Crippen LogP contribution < -0.4 is 5.32 Å². The molecule has 0 saturated heterocycles. The molecule has 16 heavy (non-hydrogen) atoms. The Kier molecular flexibility index (Phi) is 3.21. The van der Waals surface area contributed by atoms with Gasteiger partial charge in [-0.1, -0.05) is 0 Å². The van der Waals surface area contributed by atoms with Crippen molar-refractivity contribution in [3.05, 3.63) is 30.4 Å². The first-order valence-corrected chi connectivity index (χ1v) is 5.00. The monoisotopic (exact) mass is 240 g/mol. The summed E-state index contributed by atoms with van der Waals surface area (Å²) in [6.45, 7) is 3.59. The third-order valence-electron chi connectivity index (χ3n) is 2.61. The van der Waals surface area contributed by atoms with Crippen LogP contribution >= 0.6 is 12.4 Å². The van der Waals surface area contributed by atoms with Gasteiger partial charge in [-0.2, -0.15) is 5.10 Å². The standard InChI is InChI=1S/C9H12N6.ClH/c1-2-15-8(3-12-9(15)4-10-1)5-14-7-11-6-13-14;/h3,6-7,10H,1-2,4-5H2;1H. The molecule has 3 rings (SSSR count). The van der Waals surface area contributed by atoms with Crippen LogP contribution in [0.5, 0.6) is 0 Å². The van der Waals surface area contributed by atoms with Crippen molar-refractivity contribution in [3.8, 4) is 0 Å². The van der Waals surface area contributed by atoms with E-state index in [-0.39, 0.29) is 12.4 Å². The topological polar surface area (TPSA) is 60.6 Å². The van der Waals surface area contributed by atoms with E-state index < -0.39 is 0 Å². The van der Waals surface area contributed by atoms with Gasteiger partial charge in [-0.15, -0.1) is 12.4 Å². The second kappa shape index (κ2) is 4.63. The highest BCUT2D eigenvalue weighted by molar-refractivity contribution is 5.85. The fourth-order valence-electron chi connectivity index (χ4n) is 1.87. The molecule has 0 spiro atoms. The molecule has 86 valence electrons. The Bertz CT molecular complexity index is 449. The zero-order valence-corrected chi connectivity index (χ0v) is 9.52. The van der Waals surface area contributed by atoms with Crippen LogP contribution in [0.1, 0.15) is 11.5 Å². The third kappa shape index (κ3) is 1.94. The smallest absolute Gasteiger partial charge is 0.137 e. The second-order valence-electron chi connectivity index (χ2n) is 3.59. The summed E-state index contributed by atoms with van der Waals surface area (Å²) in [7, 11) is 0. The van der Waals surface area contributed by atoms with Crippen molar-refractivity contribution < 1.29 is 0 Å². The van der Waals surface area contributed by atoms with Crippen LogP contribution in [0.3, 0.4) is 0 Å². The number of nitrogens with one attached hydrogen (secondary N) is 1. The Hall–Kier alpha value is -1.40. The van der Waals surface area contributed by atoms with E-state index in [1.807, 2.05) is 10.9 Å². The van der Waals surface area contributed by atoms with E-state index >= 15 is 0 Å². The Labute approximate surface area is 99.1 Å². The van der Waals surface area contributed by atoms with E-state index in [1.54, 1.807) is 12.7 Å². The largest absolute Gasteiger partial charge is 0.328 e. The molecule has 3 heterocycles. The van der Waals surface area contributed by atoms with Gasteiger partial charge in [0.25, 0.3) is 0 Å². The zero-order chi connectivity index (χ0) is 10.1. The first-order valence-electron chi connectivity index (χ1n) is 5.00. The molecule has 0 amide bonds. The third-order valence-corrected chi connectivity index (χ3v) is 2.61. The Balaban J connectivity index is 0.000000963. The first kappa shape index (κ1) is 11.1. The van der Waals surface area contributed by atoms with E-state index in [0.29, 0.717) is 0 Å². The van der Waals surface area contributed by atoms with Crippen LogP contribution in [0.25, 0.3) is 0 Å². The van der Waals surface area contributed by atoms with Gasteiger partial charge >= 0.3 is 0 Å². The van der Waals surface area contributed by atoms with Gasteiger partial charge in [0, 0.05) is 13.1 Å². The van der Waals surface area contributed by atoms with Crippen LogP contribution in [0, 0.1) is 0 Å². The van der Waals surface area contributed by atoms with Crippen molar-refractivity contribution in [2.24, 2.45) is 0 Å². The molecule has 1 aliphatic heterocycles. The number of aromatic nitrogens is 5. The number of nitrogens with zero attached hydrogens (tertiary/aromatic N) is 5. The summed E-state index contributed by atoms with van der Waals surface area (Å²) in [5, 5.41) is 7.38. The quantitative estimate of drug-likeness (QED) is 0.806. The van der Waals surface area contributed by atoms with Gasteiger partial charge in [-0.05, 0) is 0 Å². The summed E-state index contributed by atoms with van der Waals surface area (Å²) in [6.07, 6.45) is 5.19. The maximum atomic E-state index is 4.38. The summed E-state index contributed by atoms with van der Waals surface area (Å²) in [5.74, 6) is 1.11. The predicted octanol–water partition coefficient (Wildman–Crippen LogP) is 0.0479. The molecule has 1 N–H and O–H groups in total.